The molecule has 0 spiro atoms. The lowest BCUT2D eigenvalue weighted by Crippen LogP contribution is -2.52. The Morgan fingerprint density at radius 1 is 0.846 bits per heavy atom. The van der Waals surface area contributed by atoms with Crippen LogP contribution in [0, 0.1) is 10.8 Å². The van der Waals surface area contributed by atoms with E-state index >= 15 is 8.78 Å². The Hall–Kier alpha value is -0.920. The standard InChI is InChI=1S/C24H38F2/c1-3-5-6-7-8-9-10-12-17-22(18-13-11-14-19-22)23(4-2)20-15-16-21-24(23,25)26/h4,15-16,20-21H,2-3,5-14,17-19H2,1H3. The van der Waals surface area contributed by atoms with Crippen molar-refractivity contribution in [1.82, 2.24) is 0 Å². The van der Waals surface area contributed by atoms with Crippen LogP contribution in [0.3, 0.4) is 0 Å². The van der Waals surface area contributed by atoms with Crippen LogP contribution in [0.1, 0.15) is 96.8 Å². The van der Waals surface area contributed by atoms with Crippen molar-refractivity contribution >= 4 is 0 Å². The summed E-state index contributed by atoms with van der Waals surface area (Å²) in [6.07, 6.45) is 23.8. The predicted molar refractivity (Wildman–Crippen MR) is 109 cm³/mol. The molecule has 0 aromatic heterocycles. The highest BCUT2D eigenvalue weighted by Gasteiger charge is 2.60. The number of hydrogen-bond acceptors (Lipinski definition) is 0. The van der Waals surface area contributed by atoms with E-state index < -0.39 is 11.3 Å². The maximum Gasteiger partial charge on any atom is 0.279 e. The van der Waals surface area contributed by atoms with Crippen LogP contribution in [0.5, 0.6) is 0 Å². The molecule has 1 saturated carbocycles. The minimum absolute atomic E-state index is 0.333. The normalized spacial score (nSPS) is 26.7. The summed E-state index contributed by atoms with van der Waals surface area (Å²) in [5.74, 6) is -2.83. The zero-order valence-electron chi connectivity index (χ0n) is 16.7. The van der Waals surface area contributed by atoms with Crippen LogP contribution in [0.4, 0.5) is 8.78 Å². The second kappa shape index (κ2) is 9.85. The van der Waals surface area contributed by atoms with Gasteiger partial charge in [0.2, 0.25) is 0 Å². The van der Waals surface area contributed by atoms with Gasteiger partial charge in [-0.05, 0) is 30.8 Å². The van der Waals surface area contributed by atoms with Crippen molar-refractivity contribution in [3.63, 3.8) is 0 Å². The smallest absolute Gasteiger partial charge is 0.201 e. The molecule has 0 heterocycles. The predicted octanol–water partition coefficient (Wildman–Crippen LogP) is 8.40. The van der Waals surface area contributed by atoms with E-state index in [1.165, 1.54) is 57.4 Å². The number of hydrogen-bond donors (Lipinski definition) is 0. The second-order valence-electron chi connectivity index (χ2n) is 8.48. The van der Waals surface area contributed by atoms with Gasteiger partial charge in [-0.1, -0.05) is 102 Å². The summed E-state index contributed by atoms with van der Waals surface area (Å²) in [4.78, 5) is 0. The van der Waals surface area contributed by atoms with E-state index in [1.807, 2.05) is 6.08 Å². The average molecular weight is 365 g/mol. The molecule has 2 heteroatoms. The van der Waals surface area contributed by atoms with Crippen molar-refractivity contribution in [2.45, 2.75) is 103 Å². The number of alkyl halides is 2. The van der Waals surface area contributed by atoms with Crippen molar-refractivity contribution in [3.05, 3.63) is 37.0 Å². The van der Waals surface area contributed by atoms with Crippen LogP contribution in [-0.2, 0) is 0 Å². The average Bonchev–Trinajstić information content (AvgIpc) is 2.64. The lowest BCUT2D eigenvalue weighted by molar-refractivity contribution is -0.115. The summed E-state index contributed by atoms with van der Waals surface area (Å²) in [7, 11) is 0. The Labute approximate surface area is 159 Å². The first-order valence-electron chi connectivity index (χ1n) is 10.9. The maximum absolute atomic E-state index is 15.1. The van der Waals surface area contributed by atoms with Crippen molar-refractivity contribution in [1.29, 1.82) is 0 Å². The molecule has 1 unspecified atom stereocenters. The van der Waals surface area contributed by atoms with Gasteiger partial charge in [-0.25, -0.2) is 8.78 Å². The topological polar surface area (TPSA) is 0 Å². The molecule has 0 aromatic rings. The van der Waals surface area contributed by atoms with Gasteiger partial charge in [0.1, 0.15) is 0 Å². The Morgan fingerprint density at radius 3 is 2.00 bits per heavy atom. The van der Waals surface area contributed by atoms with E-state index in [0.717, 1.165) is 44.6 Å². The molecule has 148 valence electrons. The summed E-state index contributed by atoms with van der Waals surface area (Å²) in [6, 6.07) is 0. The molecule has 1 fully saturated rings. The molecule has 0 amide bonds. The molecule has 0 nitrogen and oxygen atoms in total. The van der Waals surface area contributed by atoms with Gasteiger partial charge in [-0.15, -0.1) is 6.58 Å². The SMILES string of the molecule is C=CC1(C2(CCCCCCCCCC)CCCCC2)C=CC=CC1(F)F. The monoisotopic (exact) mass is 364 g/mol. The van der Waals surface area contributed by atoms with Gasteiger partial charge in [-0.2, -0.15) is 0 Å². The van der Waals surface area contributed by atoms with Gasteiger partial charge in [-0.3, -0.25) is 0 Å². The largest absolute Gasteiger partial charge is 0.279 e. The summed E-state index contributed by atoms with van der Waals surface area (Å²) in [5.41, 5.74) is -1.55. The first-order valence-corrected chi connectivity index (χ1v) is 10.9. The molecule has 0 aliphatic heterocycles. The Morgan fingerprint density at radius 2 is 1.42 bits per heavy atom. The van der Waals surface area contributed by atoms with Crippen molar-refractivity contribution in [2.75, 3.05) is 0 Å². The second-order valence-corrected chi connectivity index (χ2v) is 8.48. The van der Waals surface area contributed by atoms with E-state index in [1.54, 1.807) is 12.2 Å². The molecule has 0 saturated heterocycles. The van der Waals surface area contributed by atoms with Gasteiger partial charge in [0.25, 0.3) is 5.92 Å². The third-order valence-electron chi connectivity index (χ3n) is 6.85. The molecule has 0 radical (unpaired) electrons. The van der Waals surface area contributed by atoms with Crippen LogP contribution in [-0.4, -0.2) is 5.92 Å². The van der Waals surface area contributed by atoms with Crippen LogP contribution in [0.2, 0.25) is 0 Å². The molecular formula is C24H38F2. The van der Waals surface area contributed by atoms with Crippen LogP contribution in [0.15, 0.2) is 37.0 Å². The molecule has 0 aromatic carbocycles. The molecule has 26 heavy (non-hydrogen) atoms. The van der Waals surface area contributed by atoms with Gasteiger partial charge in [0, 0.05) is 0 Å². The molecule has 1 atom stereocenters. The number of rotatable bonds is 11. The molecular weight excluding hydrogens is 326 g/mol. The van der Waals surface area contributed by atoms with Gasteiger partial charge < -0.3 is 0 Å². The summed E-state index contributed by atoms with van der Waals surface area (Å²) in [5, 5.41) is 0. The van der Waals surface area contributed by atoms with Crippen LogP contribution < -0.4 is 0 Å². The van der Waals surface area contributed by atoms with Gasteiger partial charge >= 0.3 is 0 Å². The molecule has 0 bridgehead atoms. The number of allylic oxidation sites excluding steroid dienone is 5. The first-order chi connectivity index (χ1) is 12.5. The van der Waals surface area contributed by atoms with E-state index in [0.29, 0.717) is 0 Å². The number of unbranched alkanes of at least 4 members (excludes halogenated alkanes) is 7. The minimum Gasteiger partial charge on any atom is -0.201 e. The summed E-state index contributed by atoms with van der Waals surface area (Å²) in [6.45, 7) is 6.13. The highest BCUT2D eigenvalue weighted by atomic mass is 19.3. The van der Waals surface area contributed by atoms with E-state index in [-0.39, 0.29) is 5.41 Å². The Kier molecular flexibility index (Phi) is 8.10. The minimum atomic E-state index is -2.83. The van der Waals surface area contributed by atoms with Crippen LogP contribution in [0.25, 0.3) is 0 Å². The van der Waals surface area contributed by atoms with Crippen molar-refractivity contribution in [3.8, 4) is 0 Å². The first kappa shape index (κ1) is 21.4. The highest BCUT2D eigenvalue weighted by Crippen LogP contribution is 2.62. The summed E-state index contributed by atoms with van der Waals surface area (Å²) < 4.78 is 30.2. The quantitative estimate of drug-likeness (QED) is 0.255. The zero-order chi connectivity index (χ0) is 18.9. The Balaban J connectivity index is 2.00. The lowest BCUT2D eigenvalue weighted by atomic mass is 9.52. The maximum atomic E-state index is 15.1. The van der Waals surface area contributed by atoms with Gasteiger partial charge in [0.15, 0.2) is 0 Å². The summed E-state index contributed by atoms with van der Waals surface area (Å²) >= 11 is 0. The third-order valence-corrected chi connectivity index (χ3v) is 6.85. The van der Waals surface area contributed by atoms with Crippen LogP contribution >= 0.6 is 0 Å². The van der Waals surface area contributed by atoms with E-state index in [2.05, 4.69) is 13.5 Å². The van der Waals surface area contributed by atoms with E-state index in [4.69, 9.17) is 0 Å². The number of halogens is 2. The molecule has 2 rings (SSSR count). The zero-order valence-corrected chi connectivity index (χ0v) is 16.7. The third kappa shape index (κ3) is 4.49. The van der Waals surface area contributed by atoms with Gasteiger partial charge in [0.05, 0.1) is 5.41 Å². The molecule has 0 N–H and O–H groups in total. The molecule has 2 aliphatic carbocycles. The fourth-order valence-corrected chi connectivity index (χ4v) is 5.28. The lowest BCUT2D eigenvalue weighted by Gasteiger charge is -2.53. The fraction of sp³-hybridized carbons (Fsp3) is 0.750. The molecule has 2 aliphatic rings. The Bertz CT molecular complexity index is 482. The van der Waals surface area contributed by atoms with Crippen molar-refractivity contribution < 1.29 is 8.78 Å². The van der Waals surface area contributed by atoms with E-state index in [9.17, 15) is 0 Å². The fourth-order valence-electron chi connectivity index (χ4n) is 5.28. The highest BCUT2D eigenvalue weighted by molar-refractivity contribution is 5.33. The van der Waals surface area contributed by atoms with Crippen molar-refractivity contribution in [2.24, 2.45) is 10.8 Å².